The van der Waals surface area contributed by atoms with Crippen molar-refractivity contribution < 1.29 is 4.79 Å². The molecule has 0 unspecified atom stereocenters. The van der Waals surface area contributed by atoms with Gasteiger partial charge in [0, 0.05) is 17.4 Å². The summed E-state index contributed by atoms with van der Waals surface area (Å²) in [6.07, 6.45) is 0.349. The molecule has 0 radical (unpaired) electrons. The molecular weight excluding hydrogens is 142 g/mol. The molecule has 0 amide bonds. The van der Waals surface area contributed by atoms with Crippen molar-refractivity contribution in [1.29, 1.82) is 0 Å². The SMILES string of the molecule is CC(=O)C[C@H](N=[N+]=[N-])C(C)C. The molecule has 0 bridgehead atoms. The molecule has 0 saturated heterocycles. The first kappa shape index (κ1) is 9.98. The number of hydrogen-bond donors (Lipinski definition) is 0. The van der Waals surface area contributed by atoms with Gasteiger partial charge in [-0.2, -0.15) is 0 Å². The van der Waals surface area contributed by atoms with Crippen molar-refractivity contribution in [2.75, 3.05) is 0 Å². The van der Waals surface area contributed by atoms with E-state index < -0.39 is 0 Å². The fraction of sp³-hybridized carbons (Fsp3) is 0.857. The van der Waals surface area contributed by atoms with Crippen molar-refractivity contribution in [2.45, 2.75) is 33.2 Å². The monoisotopic (exact) mass is 155 g/mol. The summed E-state index contributed by atoms with van der Waals surface area (Å²) in [5.41, 5.74) is 8.15. The van der Waals surface area contributed by atoms with E-state index in [1.54, 1.807) is 0 Å². The van der Waals surface area contributed by atoms with Crippen molar-refractivity contribution >= 4 is 5.78 Å². The summed E-state index contributed by atoms with van der Waals surface area (Å²) in [6.45, 7) is 5.37. The quantitative estimate of drug-likeness (QED) is 0.349. The number of rotatable bonds is 4. The molecular formula is C7H13N3O. The second-order valence-corrected chi connectivity index (χ2v) is 2.92. The van der Waals surface area contributed by atoms with E-state index in [9.17, 15) is 4.79 Å². The van der Waals surface area contributed by atoms with Crippen LogP contribution in [0.4, 0.5) is 0 Å². The Kier molecular flexibility index (Phi) is 4.30. The Hall–Kier alpha value is -1.02. The van der Waals surface area contributed by atoms with E-state index >= 15 is 0 Å². The van der Waals surface area contributed by atoms with Crippen LogP contribution in [0.15, 0.2) is 5.11 Å². The standard InChI is InChI=1S/C7H13N3O/c1-5(2)7(9-10-8)4-6(3)11/h5,7H,4H2,1-3H3/t7-/m0/s1. The number of carbonyl (C=O) groups excluding carboxylic acids is 1. The van der Waals surface area contributed by atoms with Gasteiger partial charge in [0.25, 0.3) is 0 Å². The first-order chi connectivity index (χ1) is 5.07. The average molecular weight is 155 g/mol. The molecule has 0 rings (SSSR count). The Morgan fingerprint density at radius 3 is 2.45 bits per heavy atom. The molecule has 0 aromatic heterocycles. The van der Waals surface area contributed by atoms with Crippen LogP contribution in [0.25, 0.3) is 10.4 Å². The van der Waals surface area contributed by atoms with E-state index in [0.29, 0.717) is 6.42 Å². The van der Waals surface area contributed by atoms with E-state index in [-0.39, 0.29) is 17.7 Å². The fourth-order valence-corrected chi connectivity index (χ4v) is 0.771. The Bertz CT molecular complexity index is 182. The van der Waals surface area contributed by atoms with Crippen LogP contribution in [-0.2, 0) is 4.79 Å². The van der Waals surface area contributed by atoms with E-state index in [1.807, 2.05) is 13.8 Å². The minimum absolute atomic E-state index is 0.0658. The molecule has 4 nitrogen and oxygen atoms in total. The van der Waals surface area contributed by atoms with E-state index in [4.69, 9.17) is 5.53 Å². The average Bonchev–Trinajstić information content (AvgIpc) is 1.86. The highest BCUT2D eigenvalue weighted by Crippen LogP contribution is 2.10. The lowest BCUT2D eigenvalue weighted by Gasteiger charge is -2.11. The second-order valence-electron chi connectivity index (χ2n) is 2.92. The second kappa shape index (κ2) is 4.74. The fourth-order valence-electron chi connectivity index (χ4n) is 0.771. The molecule has 0 saturated carbocycles. The van der Waals surface area contributed by atoms with Gasteiger partial charge in [-0.15, -0.1) is 0 Å². The van der Waals surface area contributed by atoms with Crippen LogP contribution in [-0.4, -0.2) is 11.8 Å². The van der Waals surface area contributed by atoms with Crippen molar-refractivity contribution in [3.05, 3.63) is 10.4 Å². The van der Waals surface area contributed by atoms with E-state index in [1.165, 1.54) is 6.92 Å². The van der Waals surface area contributed by atoms with Crippen LogP contribution < -0.4 is 0 Å². The molecule has 0 fully saturated rings. The number of nitrogens with zero attached hydrogens (tertiary/aromatic N) is 3. The smallest absolute Gasteiger partial charge is 0.130 e. The van der Waals surface area contributed by atoms with Gasteiger partial charge in [-0.25, -0.2) is 0 Å². The van der Waals surface area contributed by atoms with Gasteiger partial charge in [-0.1, -0.05) is 19.0 Å². The number of carbonyl (C=O) groups is 1. The van der Waals surface area contributed by atoms with Gasteiger partial charge >= 0.3 is 0 Å². The topological polar surface area (TPSA) is 65.8 Å². The summed E-state index contributed by atoms with van der Waals surface area (Å²) in [5.74, 6) is 0.297. The number of hydrogen-bond acceptors (Lipinski definition) is 2. The first-order valence-corrected chi connectivity index (χ1v) is 3.61. The third-order valence-electron chi connectivity index (χ3n) is 1.47. The highest BCUT2D eigenvalue weighted by Gasteiger charge is 2.12. The minimum Gasteiger partial charge on any atom is -0.300 e. The molecule has 0 aliphatic carbocycles. The van der Waals surface area contributed by atoms with Gasteiger partial charge in [0.05, 0.1) is 0 Å². The highest BCUT2D eigenvalue weighted by molar-refractivity contribution is 5.76. The molecule has 0 N–H and O–H groups in total. The molecule has 0 aliphatic heterocycles. The predicted molar refractivity (Wildman–Crippen MR) is 43.1 cm³/mol. The van der Waals surface area contributed by atoms with Gasteiger partial charge in [0.1, 0.15) is 5.78 Å². The number of Topliss-reactive ketones (excluding diaryl/α,β-unsaturated/α-hetero) is 1. The first-order valence-electron chi connectivity index (χ1n) is 3.61. The van der Waals surface area contributed by atoms with Crippen molar-refractivity contribution in [3.63, 3.8) is 0 Å². The molecule has 0 aliphatic rings. The summed E-state index contributed by atoms with van der Waals surface area (Å²) in [6, 6.07) is -0.183. The minimum atomic E-state index is -0.183. The zero-order valence-corrected chi connectivity index (χ0v) is 7.11. The zero-order valence-electron chi connectivity index (χ0n) is 7.11. The van der Waals surface area contributed by atoms with Crippen molar-refractivity contribution in [1.82, 2.24) is 0 Å². The lowest BCUT2D eigenvalue weighted by Crippen LogP contribution is -2.15. The van der Waals surface area contributed by atoms with Crippen LogP contribution in [0, 0.1) is 5.92 Å². The lowest BCUT2D eigenvalue weighted by molar-refractivity contribution is -0.117. The Labute approximate surface area is 66.2 Å². The summed E-state index contributed by atoms with van der Waals surface area (Å²) in [4.78, 5) is 13.3. The molecule has 0 aromatic rings. The lowest BCUT2D eigenvalue weighted by atomic mass is 10.0. The van der Waals surface area contributed by atoms with Crippen LogP contribution in [0.1, 0.15) is 27.2 Å². The normalized spacial score (nSPS) is 12.4. The Balaban J connectivity index is 4.10. The van der Waals surface area contributed by atoms with Crippen molar-refractivity contribution in [2.24, 2.45) is 11.0 Å². The van der Waals surface area contributed by atoms with Crippen LogP contribution in [0.3, 0.4) is 0 Å². The van der Waals surface area contributed by atoms with Gasteiger partial charge in [0.15, 0.2) is 0 Å². The van der Waals surface area contributed by atoms with E-state index in [2.05, 4.69) is 10.0 Å². The summed E-state index contributed by atoms with van der Waals surface area (Å²) < 4.78 is 0. The summed E-state index contributed by atoms with van der Waals surface area (Å²) >= 11 is 0. The molecule has 0 aromatic carbocycles. The number of ketones is 1. The van der Waals surface area contributed by atoms with Gasteiger partial charge in [0.2, 0.25) is 0 Å². The molecule has 0 heterocycles. The summed E-state index contributed by atoms with van der Waals surface area (Å²) in [7, 11) is 0. The van der Waals surface area contributed by atoms with Crippen LogP contribution >= 0.6 is 0 Å². The van der Waals surface area contributed by atoms with Gasteiger partial charge in [-0.05, 0) is 18.4 Å². The third-order valence-corrected chi connectivity index (χ3v) is 1.47. The van der Waals surface area contributed by atoms with Gasteiger partial charge in [-0.3, -0.25) is 0 Å². The molecule has 1 atom stereocenters. The van der Waals surface area contributed by atoms with Crippen molar-refractivity contribution in [3.8, 4) is 0 Å². The largest absolute Gasteiger partial charge is 0.300 e. The maximum absolute atomic E-state index is 10.7. The summed E-state index contributed by atoms with van der Waals surface area (Å²) in [5, 5.41) is 3.52. The molecule has 4 heteroatoms. The third kappa shape index (κ3) is 4.39. The zero-order chi connectivity index (χ0) is 8.85. The highest BCUT2D eigenvalue weighted by atomic mass is 16.1. The van der Waals surface area contributed by atoms with Gasteiger partial charge < -0.3 is 4.79 Å². The predicted octanol–water partition coefficient (Wildman–Crippen LogP) is 2.30. The van der Waals surface area contributed by atoms with E-state index in [0.717, 1.165) is 0 Å². The molecule has 11 heavy (non-hydrogen) atoms. The Morgan fingerprint density at radius 2 is 2.18 bits per heavy atom. The van der Waals surface area contributed by atoms with Crippen LogP contribution in [0.2, 0.25) is 0 Å². The maximum Gasteiger partial charge on any atom is 0.130 e. The molecule has 62 valence electrons. The maximum atomic E-state index is 10.7. The van der Waals surface area contributed by atoms with Crippen LogP contribution in [0.5, 0.6) is 0 Å². The molecule has 0 spiro atoms. The number of azide groups is 1. The Morgan fingerprint density at radius 1 is 1.64 bits per heavy atom.